The molecule has 0 saturated carbocycles. The van der Waals surface area contributed by atoms with Crippen molar-refractivity contribution in [1.82, 2.24) is 10.6 Å². The maximum atomic E-state index is 11.6. The SMILES string of the molecule is C/C(=C/CCNC(=O)OC(C)(C)C)C(=O)NC(C)C. The van der Waals surface area contributed by atoms with Gasteiger partial charge >= 0.3 is 6.09 Å². The summed E-state index contributed by atoms with van der Waals surface area (Å²) in [6, 6.07) is 0.121. The third-order valence-electron chi connectivity index (χ3n) is 2.04. The van der Waals surface area contributed by atoms with Gasteiger partial charge in [-0.2, -0.15) is 0 Å². The van der Waals surface area contributed by atoms with E-state index in [-0.39, 0.29) is 11.9 Å². The van der Waals surface area contributed by atoms with Gasteiger partial charge in [0.05, 0.1) is 0 Å². The summed E-state index contributed by atoms with van der Waals surface area (Å²) >= 11 is 0. The quantitative estimate of drug-likeness (QED) is 0.595. The Morgan fingerprint density at radius 3 is 2.32 bits per heavy atom. The highest BCUT2D eigenvalue weighted by molar-refractivity contribution is 5.92. The smallest absolute Gasteiger partial charge is 0.407 e. The molecule has 0 fully saturated rings. The summed E-state index contributed by atoms with van der Waals surface area (Å²) in [5, 5.41) is 5.44. The third kappa shape index (κ3) is 10.1. The standard InChI is InChI=1S/C14H26N2O3/c1-10(2)16-12(17)11(3)8-7-9-15-13(18)19-14(4,5)6/h8,10H,7,9H2,1-6H3,(H,15,18)(H,16,17)/b11-8-. The van der Waals surface area contributed by atoms with E-state index in [1.54, 1.807) is 13.0 Å². The van der Waals surface area contributed by atoms with Crippen molar-refractivity contribution in [3.63, 3.8) is 0 Å². The zero-order chi connectivity index (χ0) is 15.1. The van der Waals surface area contributed by atoms with Crippen LogP contribution in [0.15, 0.2) is 11.6 Å². The Labute approximate surface area is 115 Å². The fourth-order valence-corrected chi connectivity index (χ4v) is 1.25. The Morgan fingerprint density at radius 1 is 1.26 bits per heavy atom. The second kappa shape index (κ2) is 7.81. The number of nitrogens with one attached hydrogen (secondary N) is 2. The Kier molecular flexibility index (Phi) is 7.19. The van der Waals surface area contributed by atoms with E-state index in [0.29, 0.717) is 18.5 Å². The molecule has 0 aliphatic rings. The van der Waals surface area contributed by atoms with Gasteiger partial charge in [-0.3, -0.25) is 4.79 Å². The molecule has 0 unspecified atom stereocenters. The van der Waals surface area contributed by atoms with Gasteiger partial charge in [0.15, 0.2) is 0 Å². The molecular formula is C14H26N2O3. The first-order valence-electron chi connectivity index (χ1n) is 6.56. The Bertz CT molecular complexity index is 341. The topological polar surface area (TPSA) is 67.4 Å². The van der Waals surface area contributed by atoms with E-state index in [2.05, 4.69) is 10.6 Å². The van der Waals surface area contributed by atoms with Crippen LogP contribution in [0, 0.1) is 0 Å². The number of carbonyl (C=O) groups excluding carboxylic acids is 2. The van der Waals surface area contributed by atoms with Gasteiger partial charge in [0, 0.05) is 18.2 Å². The molecule has 0 aromatic heterocycles. The van der Waals surface area contributed by atoms with Crippen molar-refractivity contribution in [1.29, 1.82) is 0 Å². The van der Waals surface area contributed by atoms with Crippen LogP contribution in [0.25, 0.3) is 0 Å². The monoisotopic (exact) mass is 270 g/mol. The lowest BCUT2D eigenvalue weighted by Crippen LogP contribution is -2.33. The first kappa shape index (κ1) is 17.5. The molecule has 0 rings (SSSR count). The lowest BCUT2D eigenvalue weighted by atomic mass is 10.2. The van der Waals surface area contributed by atoms with Crippen molar-refractivity contribution in [2.75, 3.05) is 6.54 Å². The highest BCUT2D eigenvalue weighted by Gasteiger charge is 2.15. The Morgan fingerprint density at radius 2 is 1.84 bits per heavy atom. The van der Waals surface area contributed by atoms with Crippen molar-refractivity contribution >= 4 is 12.0 Å². The second-order valence-corrected chi connectivity index (χ2v) is 5.73. The largest absolute Gasteiger partial charge is 0.444 e. The number of carbonyl (C=O) groups is 2. The van der Waals surface area contributed by atoms with Gasteiger partial charge in [-0.05, 0) is 48.0 Å². The summed E-state index contributed by atoms with van der Waals surface area (Å²) < 4.78 is 5.09. The van der Waals surface area contributed by atoms with Crippen LogP contribution in [0.2, 0.25) is 0 Å². The molecule has 0 aliphatic carbocycles. The summed E-state index contributed by atoms with van der Waals surface area (Å²) in [5.41, 5.74) is 0.159. The Hall–Kier alpha value is -1.52. The average Bonchev–Trinajstić information content (AvgIpc) is 2.20. The molecule has 0 aromatic rings. The van der Waals surface area contributed by atoms with Crippen LogP contribution < -0.4 is 10.6 Å². The zero-order valence-electron chi connectivity index (χ0n) is 12.8. The summed E-state index contributed by atoms with van der Waals surface area (Å²) in [5.74, 6) is -0.0766. The number of hydrogen-bond acceptors (Lipinski definition) is 3. The van der Waals surface area contributed by atoms with Gasteiger partial charge in [0.1, 0.15) is 5.60 Å². The molecule has 2 amide bonds. The normalized spacial score (nSPS) is 12.3. The van der Waals surface area contributed by atoms with E-state index in [9.17, 15) is 9.59 Å². The molecule has 0 atom stereocenters. The van der Waals surface area contributed by atoms with E-state index in [1.807, 2.05) is 34.6 Å². The molecule has 5 heteroatoms. The van der Waals surface area contributed by atoms with Crippen LogP contribution >= 0.6 is 0 Å². The second-order valence-electron chi connectivity index (χ2n) is 5.73. The first-order valence-corrected chi connectivity index (χ1v) is 6.56. The van der Waals surface area contributed by atoms with Gasteiger partial charge in [0.2, 0.25) is 5.91 Å². The van der Waals surface area contributed by atoms with Crippen LogP contribution in [-0.4, -0.2) is 30.2 Å². The fourth-order valence-electron chi connectivity index (χ4n) is 1.25. The maximum absolute atomic E-state index is 11.6. The molecule has 0 aliphatic heterocycles. The van der Waals surface area contributed by atoms with Crippen LogP contribution in [-0.2, 0) is 9.53 Å². The van der Waals surface area contributed by atoms with Crippen LogP contribution in [0.1, 0.15) is 48.0 Å². The summed E-state index contributed by atoms with van der Waals surface area (Å²) in [6.07, 6.45) is 1.95. The molecule has 19 heavy (non-hydrogen) atoms. The van der Waals surface area contributed by atoms with Gasteiger partial charge in [0.25, 0.3) is 0 Å². The molecule has 5 nitrogen and oxygen atoms in total. The van der Waals surface area contributed by atoms with Gasteiger partial charge in [-0.25, -0.2) is 4.79 Å². The van der Waals surface area contributed by atoms with E-state index < -0.39 is 11.7 Å². The lowest BCUT2D eigenvalue weighted by molar-refractivity contribution is -0.117. The fraction of sp³-hybridized carbons (Fsp3) is 0.714. The molecule has 0 radical (unpaired) electrons. The minimum atomic E-state index is -0.493. The Balaban J connectivity index is 3.96. The molecule has 0 spiro atoms. The molecule has 0 bridgehead atoms. The predicted octanol–water partition coefficient (Wildman–Crippen LogP) is 2.37. The highest BCUT2D eigenvalue weighted by atomic mass is 16.6. The number of hydrogen-bond donors (Lipinski definition) is 2. The molecule has 0 saturated heterocycles. The molecule has 2 N–H and O–H groups in total. The van der Waals surface area contributed by atoms with E-state index in [0.717, 1.165) is 0 Å². The first-order chi connectivity index (χ1) is 8.61. The summed E-state index contributed by atoms with van der Waals surface area (Å²) in [6.45, 7) is 11.5. The molecule has 110 valence electrons. The van der Waals surface area contributed by atoms with Crippen LogP contribution in [0.4, 0.5) is 4.79 Å². The van der Waals surface area contributed by atoms with Crippen molar-refractivity contribution in [2.45, 2.75) is 59.6 Å². The number of ether oxygens (including phenoxy) is 1. The summed E-state index contributed by atoms with van der Waals surface area (Å²) in [4.78, 5) is 22.9. The van der Waals surface area contributed by atoms with Crippen molar-refractivity contribution in [3.8, 4) is 0 Å². The molecule has 0 heterocycles. The minimum Gasteiger partial charge on any atom is -0.444 e. The number of amides is 2. The average molecular weight is 270 g/mol. The lowest BCUT2D eigenvalue weighted by Gasteiger charge is -2.19. The maximum Gasteiger partial charge on any atom is 0.407 e. The third-order valence-corrected chi connectivity index (χ3v) is 2.04. The van der Waals surface area contributed by atoms with Crippen molar-refractivity contribution in [3.05, 3.63) is 11.6 Å². The van der Waals surface area contributed by atoms with E-state index >= 15 is 0 Å². The molecular weight excluding hydrogens is 244 g/mol. The minimum absolute atomic E-state index is 0.0766. The number of rotatable bonds is 5. The van der Waals surface area contributed by atoms with E-state index in [4.69, 9.17) is 4.74 Å². The van der Waals surface area contributed by atoms with Crippen molar-refractivity contribution < 1.29 is 14.3 Å². The van der Waals surface area contributed by atoms with Crippen LogP contribution in [0.3, 0.4) is 0 Å². The van der Waals surface area contributed by atoms with Gasteiger partial charge < -0.3 is 15.4 Å². The summed E-state index contributed by atoms with van der Waals surface area (Å²) in [7, 11) is 0. The van der Waals surface area contributed by atoms with E-state index in [1.165, 1.54) is 0 Å². The van der Waals surface area contributed by atoms with Gasteiger partial charge in [-0.1, -0.05) is 6.08 Å². The molecule has 0 aromatic carbocycles. The number of alkyl carbamates (subject to hydrolysis) is 1. The zero-order valence-corrected chi connectivity index (χ0v) is 12.8. The highest BCUT2D eigenvalue weighted by Crippen LogP contribution is 2.06. The van der Waals surface area contributed by atoms with Crippen molar-refractivity contribution in [2.24, 2.45) is 0 Å². The van der Waals surface area contributed by atoms with Crippen LogP contribution in [0.5, 0.6) is 0 Å². The predicted molar refractivity (Wildman–Crippen MR) is 75.9 cm³/mol. The van der Waals surface area contributed by atoms with Gasteiger partial charge in [-0.15, -0.1) is 0 Å².